The zero-order valence-corrected chi connectivity index (χ0v) is 20.8. The van der Waals surface area contributed by atoms with Crippen LogP contribution in [0.3, 0.4) is 0 Å². The Bertz CT molecular complexity index is 1390. The van der Waals surface area contributed by atoms with Gasteiger partial charge in [-0.3, -0.25) is 14.5 Å². The van der Waals surface area contributed by atoms with Crippen molar-refractivity contribution in [2.75, 3.05) is 0 Å². The molecule has 192 valence electrons. The van der Waals surface area contributed by atoms with E-state index in [0.717, 1.165) is 28.8 Å². The molecule has 2 aromatic carbocycles. The maximum absolute atomic E-state index is 13.2. The van der Waals surface area contributed by atoms with Crippen LogP contribution < -0.4 is 11.1 Å². The van der Waals surface area contributed by atoms with Gasteiger partial charge in [-0.25, -0.2) is 0 Å². The van der Waals surface area contributed by atoms with Gasteiger partial charge in [-0.1, -0.05) is 30.3 Å². The van der Waals surface area contributed by atoms with Crippen molar-refractivity contribution in [1.29, 1.82) is 0 Å². The first-order chi connectivity index (χ1) is 17.6. The van der Waals surface area contributed by atoms with Crippen molar-refractivity contribution < 1.29 is 18.0 Å². The van der Waals surface area contributed by atoms with E-state index in [1.807, 2.05) is 37.7 Å². The lowest BCUT2D eigenvalue weighted by molar-refractivity contribution is -0.137. The van der Waals surface area contributed by atoms with Crippen molar-refractivity contribution in [3.63, 3.8) is 0 Å². The van der Waals surface area contributed by atoms with Crippen molar-refractivity contribution in [2.45, 2.75) is 45.6 Å². The van der Waals surface area contributed by atoms with Gasteiger partial charge in [-0.2, -0.15) is 18.3 Å². The number of nitrogens with zero attached hydrogens (tertiary/aromatic N) is 3. The summed E-state index contributed by atoms with van der Waals surface area (Å²) in [4.78, 5) is 17.1. The number of hydrogen-bond acceptors (Lipinski definition) is 4. The van der Waals surface area contributed by atoms with Crippen LogP contribution >= 0.6 is 0 Å². The number of carbonyl (C=O) groups is 1. The Morgan fingerprint density at radius 3 is 2.35 bits per heavy atom. The Balaban J connectivity index is 1.50. The van der Waals surface area contributed by atoms with Crippen LogP contribution in [-0.2, 0) is 12.7 Å². The fourth-order valence-corrected chi connectivity index (χ4v) is 4.01. The minimum Gasteiger partial charge on any atom is -0.344 e. The summed E-state index contributed by atoms with van der Waals surface area (Å²) in [6.07, 6.45) is 0.815. The van der Waals surface area contributed by atoms with Gasteiger partial charge < -0.3 is 11.1 Å². The Morgan fingerprint density at radius 1 is 1.00 bits per heavy atom. The van der Waals surface area contributed by atoms with E-state index in [-0.39, 0.29) is 30.2 Å². The van der Waals surface area contributed by atoms with Gasteiger partial charge in [0.15, 0.2) is 0 Å². The molecule has 0 saturated heterocycles. The average molecular weight is 508 g/mol. The molecule has 4 rings (SSSR count). The smallest absolute Gasteiger partial charge is 0.344 e. The van der Waals surface area contributed by atoms with Gasteiger partial charge in [0.1, 0.15) is 5.69 Å². The van der Waals surface area contributed by atoms with Crippen molar-refractivity contribution >= 4 is 5.91 Å². The van der Waals surface area contributed by atoms with E-state index in [1.54, 1.807) is 42.7 Å². The molecule has 4 aromatic rings. The predicted molar refractivity (Wildman–Crippen MR) is 136 cm³/mol. The summed E-state index contributed by atoms with van der Waals surface area (Å²) in [6, 6.07) is 14.0. The summed E-state index contributed by atoms with van der Waals surface area (Å²) < 4.78 is 41.5. The van der Waals surface area contributed by atoms with E-state index in [4.69, 9.17) is 5.73 Å². The van der Waals surface area contributed by atoms with E-state index in [2.05, 4.69) is 15.4 Å². The SMILES string of the molecule is CC(C)n1cc(-c2ccnc(C(=O)N[C@H](C)c3ccc(-c4cc(C(F)(F)F)ccc4CN)cc3)c2)cn1. The van der Waals surface area contributed by atoms with Gasteiger partial charge >= 0.3 is 6.18 Å². The summed E-state index contributed by atoms with van der Waals surface area (Å²) in [5, 5.41) is 7.28. The van der Waals surface area contributed by atoms with Crippen LogP contribution in [0.5, 0.6) is 0 Å². The number of pyridine rings is 1. The Hall–Kier alpha value is -3.98. The number of nitrogens with one attached hydrogen (secondary N) is 1. The number of carbonyl (C=O) groups excluding carboxylic acids is 1. The quantitative estimate of drug-likeness (QED) is 0.314. The molecule has 6 nitrogen and oxygen atoms in total. The third-order valence-corrected chi connectivity index (χ3v) is 6.18. The molecular formula is C28H28F3N5O. The van der Waals surface area contributed by atoms with E-state index in [0.29, 0.717) is 16.7 Å². The Kier molecular flexibility index (Phi) is 7.45. The summed E-state index contributed by atoms with van der Waals surface area (Å²) >= 11 is 0. The maximum atomic E-state index is 13.2. The maximum Gasteiger partial charge on any atom is 0.416 e. The van der Waals surface area contributed by atoms with Gasteiger partial charge in [0.25, 0.3) is 5.91 Å². The highest BCUT2D eigenvalue weighted by Gasteiger charge is 2.31. The van der Waals surface area contributed by atoms with Crippen LogP contribution in [0.25, 0.3) is 22.3 Å². The number of alkyl halides is 3. The van der Waals surface area contributed by atoms with Gasteiger partial charge in [0.2, 0.25) is 0 Å². The lowest BCUT2D eigenvalue weighted by Gasteiger charge is -2.16. The van der Waals surface area contributed by atoms with Crippen LogP contribution in [0.1, 0.15) is 60.0 Å². The minimum absolute atomic E-state index is 0.117. The second kappa shape index (κ2) is 10.6. The predicted octanol–water partition coefficient (Wildman–Crippen LogP) is 6.16. The standard InChI is InChI=1S/C28H28F3N5O/c1-17(2)36-16-23(15-34-36)21-10-11-33-26(12-21)27(37)35-18(3)19-4-6-20(7-5-19)25-13-24(28(29,30)31)9-8-22(25)14-32/h4-13,15-18H,14,32H2,1-3H3,(H,35,37)/t18-/m1/s1. The van der Waals surface area contributed by atoms with Gasteiger partial charge in [0.05, 0.1) is 17.8 Å². The number of amides is 1. The summed E-state index contributed by atoms with van der Waals surface area (Å²) in [7, 11) is 0. The molecule has 0 spiro atoms. The van der Waals surface area contributed by atoms with E-state index in [9.17, 15) is 18.0 Å². The van der Waals surface area contributed by atoms with E-state index < -0.39 is 11.7 Å². The van der Waals surface area contributed by atoms with Crippen LogP contribution in [-0.4, -0.2) is 20.7 Å². The molecule has 2 heterocycles. The van der Waals surface area contributed by atoms with Crippen LogP contribution in [0.4, 0.5) is 13.2 Å². The summed E-state index contributed by atoms with van der Waals surface area (Å²) in [5.74, 6) is -0.335. The first-order valence-electron chi connectivity index (χ1n) is 11.9. The minimum atomic E-state index is -4.44. The summed E-state index contributed by atoms with van der Waals surface area (Å²) in [6.45, 7) is 6.02. The lowest BCUT2D eigenvalue weighted by atomic mass is 9.95. The lowest BCUT2D eigenvalue weighted by Crippen LogP contribution is -2.27. The van der Waals surface area contributed by atoms with Gasteiger partial charge in [-0.05, 0) is 72.9 Å². The molecule has 9 heteroatoms. The van der Waals surface area contributed by atoms with Crippen LogP contribution in [0.15, 0.2) is 73.2 Å². The first-order valence-corrected chi connectivity index (χ1v) is 11.9. The molecular weight excluding hydrogens is 479 g/mol. The molecule has 0 radical (unpaired) electrons. The number of benzene rings is 2. The molecule has 37 heavy (non-hydrogen) atoms. The van der Waals surface area contributed by atoms with Gasteiger partial charge in [-0.15, -0.1) is 0 Å². The molecule has 0 saturated carbocycles. The highest BCUT2D eigenvalue weighted by molar-refractivity contribution is 5.93. The molecule has 0 bridgehead atoms. The van der Waals surface area contributed by atoms with Crippen LogP contribution in [0.2, 0.25) is 0 Å². The molecule has 0 fully saturated rings. The van der Waals surface area contributed by atoms with Gasteiger partial charge in [0, 0.05) is 30.5 Å². The Labute approximate surface area is 213 Å². The number of rotatable bonds is 7. The molecule has 1 atom stereocenters. The zero-order valence-electron chi connectivity index (χ0n) is 20.8. The Morgan fingerprint density at radius 2 is 1.73 bits per heavy atom. The molecule has 0 aliphatic heterocycles. The molecule has 0 unspecified atom stereocenters. The molecule has 0 aliphatic carbocycles. The number of aromatic nitrogens is 3. The van der Waals surface area contributed by atoms with Crippen molar-refractivity contribution in [1.82, 2.24) is 20.1 Å². The largest absolute Gasteiger partial charge is 0.416 e. The van der Waals surface area contributed by atoms with Crippen LogP contribution in [0, 0.1) is 0 Å². The van der Waals surface area contributed by atoms with Crippen molar-refractivity contribution in [2.24, 2.45) is 5.73 Å². The van der Waals surface area contributed by atoms with Crippen molar-refractivity contribution in [3.8, 4) is 22.3 Å². The monoisotopic (exact) mass is 507 g/mol. The normalized spacial score (nSPS) is 12.5. The third-order valence-electron chi connectivity index (χ3n) is 6.18. The number of nitrogens with two attached hydrogens (primary N) is 1. The zero-order chi connectivity index (χ0) is 26.7. The molecule has 3 N–H and O–H groups in total. The second-order valence-electron chi connectivity index (χ2n) is 9.12. The molecule has 1 amide bonds. The number of hydrogen-bond donors (Lipinski definition) is 2. The fourth-order valence-electron chi connectivity index (χ4n) is 4.01. The second-order valence-corrected chi connectivity index (χ2v) is 9.12. The fraction of sp³-hybridized carbons (Fsp3) is 0.250. The first kappa shape index (κ1) is 26.1. The number of halogens is 3. The third kappa shape index (κ3) is 5.89. The molecule has 0 aliphatic rings. The van der Waals surface area contributed by atoms with Crippen molar-refractivity contribution in [3.05, 3.63) is 95.6 Å². The summed E-state index contributed by atoms with van der Waals surface area (Å²) in [5.41, 5.74) is 9.49. The highest BCUT2D eigenvalue weighted by atomic mass is 19.4. The molecule has 2 aromatic heterocycles. The average Bonchev–Trinajstić information content (AvgIpc) is 3.39. The highest BCUT2D eigenvalue weighted by Crippen LogP contribution is 2.34. The van der Waals surface area contributed by atoms with E-state index >= 15 is 0 Å². The topological polar surface area (TPSA) is 85.8 Å². The van der Waals surface area contributed by atoms with E-state index in [1.165, 1.54) is 6.07 Å².